The monoisotopic (exact) mass is 328 g/mol. The molecule has 0 spiro atoms. The SMILES string of the molecule is CCCC(Cc1cccc(Oc2ccc(OC)cc2)c1)NN(C)C. The van der Waals surface area contributed by atoms with Gasteiger partial charge in [0.25, 0.3) is 0 Å². The number of hydrogen-bond acceptors (Lipinski definition) is 4. The molecule has 1 atom stereocenters. The zero-order valence-electron chi connectivity index (χ0n) is 15.1. The molecule has 1 N–H and O–H groups in total. The first-order chi connectivity index (χ1) is 11.6. The fourth-order valence-electron chi connectivity index (χ4n) is 2.73. The van der Waals surface area contributed by atoms with E-state index in [2.05, 4.69) is 24.5 Å². The van der Waals surface area contributed by atoms with E-state index in [1.54, 1.807) is 7.11 Å². The number of rotatable bonds is 9. The molecule has 0 aliphatic rings. The van der Waals surface area contributed by atoms with Crippen molar-refractivity contribution in [3.63, 3.8) is 0 Å². The summed E-state index contributed by atoms with van der Waals surface area (Å²) in [4.78, 5) is 0. The highest BCUT2D eigenvalue weighted by atomic mass is 16.5. The highest BCUT2D eigenvalue weighted by Gasteiger charge is 2.10. The van der Waals surface area contributed by atoms with Gasteiger partial charge in [-0.15, -0.1) is 0 Å². The van der Waals surface area contributed by atoms with Crippen molar-refractivity contribution in [3.8, 4) is 17.2 Å². The molecule has 0 aliphatic carbocycles. The van der Waals surface area contributed by atoms with Crippen molar-refractivity contribution in [1.82, 2.24) is 10.4 Å². The van der Waals surface area contributed by atoms with Gasteiger partial charge in [-0.25, -0.2) is 0 Å². The molecule has 0 saturated carbocycles. The summed E-state index contributed by atoms with van der Waals surface area (Å²) in [6.07, 6.45) is 3.28. The third-order valence-corrected chi connectivity index (χ3v) is 3.75. The zero-order valence-corrected chi connectivity index (χ0v) is 15.1. The summed E-state index contributed by atoms with van der Waals surface area (Å²) in [6, 6.07) is 16.4. The quantitative estimate of drug-likeness (QED) is 0.697. The van der Waals surface area contributed by atoms with Gasteiger partial charge in [0.1, 0.15) is 17.2 Å². The lowest BCUT2D eigenvalue weighted by molar-refractivity contribution is 0.232. The molecule has 0 aromatic heterocycles. The summed E-state index contributed by atoms with van der Waals surface area (Å²) in [6.45, 7) is 2.22. The Labute approximate surface area is 145 Å². The number of hydrogen-bond donors (Lipinski definition) is 1. The summed E-state index contributed by atoms with van der Waals surface area (Å²) in [5.74, 6) is 2.50. The van der Waals surface area contributed by atoms with Crippen LogP contribution >= 0.6 is 0 Å². The van der Waals surface area contributed by atoms with Crippen LogP contribution in [0, 0.1) is 0 Å². The van der Waals surface area contributed by atoms with Crippen LogP contribution in [0.2, 0.25) is 0 Å². The maximum absolute atomic E-state index is 5.95. The van der Waals surface area contributed by atoms with Crippen LogP contribution in [-0.2, 0) is 6.42 Å². The highest BCUT2D eigenvalue weighted by molar-refractivity contribution is 5.37. The maximum atomic E-state index is 5.95. The fourth-order valence-corrected chi connectivity index (χ4v) is 2.73. The molecule has 2 aromatic rings. The Morgan fingerprint density at radius 3 is 2.33 bits per heavy atom. The van der Waals surface area contributed by atoms with Gasteiger partial charge in [-0.1, -0.05) is 25.5 Å². The van der Waals surface area contributed by atoms with Gasteiger partial charge in [0, 0.05) is 20.1 Å². The number of methoxy groups -OCH3 is 1. The fraction of sp³-hybridized carbons (Fsp3) is 0.400. The van der Waals surface area contributed by atoms with Crippen LogP contribution in [0.5, 0.6) is 17.2 Å². The number of nitrogens with zero attached hydrogens (tertiary/aromatic N) is 1. The number of hydrazine groups is 1. The molecule has 24 heavy (non-hydrogen) atoms. The summed E-state index contributed by atoms with van der Waals surface area (Å²) >= 11 is 0. The van der Waals surface area contributed by atoms with E-state index in [0.29, 0.717) is 6.04 Å². The van der Waals surface area contributed by atoms with E-state index in [1.807, 2.05) is 55.5 Å². The number of nitrogens with one attached hydrogen (secondary N) is 1. The minimum Gasteiger partial charge on any atom is -0.497 e. The van der Waals surface area contributed by atoms with Crippen molar-refractivity contribution in [2.45, 2.75) is 32.2 Å². The van der Waals surface area contributed by atoms with Gasteiger partial charge in [0.05, 0.1) is 7.11 Å². The molecule has 0 saturated heterocycles. The molecule has 4 nitrogen and oxygen atoms in total. The van der Waals surface area contributed by atoms with Crippen LogP contribution < -0.4 is 14.9 Å². The molecule has 2 rings (SSSR count). The minimum absolute atomic E-state index is 0.432. The summed E-state index contributed by atoms with van der Waals surface area (Å²) in [7, 11) is 5.73. The van der Waals surface area contributed by atoms with Crippen molar-refractivity contribution >= 4 is 0 Å². The van der Waals surface area contributed by atoms with Crippen LogP contribution in [0.15, 0.2) is 48.5 Å². The Kier molecular flexibility index (Phi) is 7.09. The molecular formula is C20H28N2O2. The van der Waals surface area contributed by atoms with Crippen molar-refractivity contribution in [2.75, 3.05) is 21.2 Å². The molecule has 0 fully saturated rings. The third-order valence-electron chi connectivity index (χ3n) is 3.75. The number of benzene rings is 2. The second-order valence-corrected chi connectivity index (χ2v) is 6.14. The molecule has 0 radical (unpaired) electrons. The standard InChI is InChI=1S/C20H28N2O2/c1-5-7-17(21-22(2)3)14-16-8-6-9-20(15-16)24-19-12-10-18(23-4)11-13-19/h6,8-13,15,17,21H,5,7,14H2,1-4H3. The van der Waals surface area contributed by atoms with Crippen LogP contribution in [-0.4, -0.2) is 32.3 Å². The highest BCUT2D eigenvalue weighted by Crippen LogP contribution is 2.25. The Morgan fingerprint density at radius 1 is 1.00 bits per heavy atom. The van der Waals surface area contributed by atoms with Crippen molar-refractivity contribution < 1.29 is 9.47 Å². The molecule has 0 aliphatic heterocycles. The van der Waals surface area contributed by atoms with E-state index in [1.165, 1.54) is 5.56 Å². The van der Waals surface area contributed by atoms with Gasteiger partial charge in [-0.3, -0.25) is 10.4 Å². The third kappa shape index (κ3) is 5.87. The Hall–Kier alpha value is -2.04. The van der Waals surface area contributed by atoms with Gasteiger partial charge < -0.3 is 9.47 Å². The molecule has 2 aromatic carbocycles. The average Bonchev–Trinajstić information content (AvgIpc) is 2.55. The van der Waals surface area contributed by atoms with E-state index < -0.39 is 0 Å². The van der Waals surface area contributed by atoms with Crippen LogP contribution in [0.4, 0.5) is 0 Å². The van der Waals surface area contributed by atoms with Crippen molar-refractivity contribution in [3.05, 3.63) is 54.1 Å². The Balaban J connectivity index is 2.03. The predicted octanol–water partition coefficient (Wildman–Crippen LogP) is 4.26. The van der Waals surface area contributed by atoms with Crippen LogP contribution in [0.3, 0.4) is 0 Å². The smallest absolute Gasteiger partial charge is 0.127 e. The first kappa shape index (κ1) is 18.3. The number of ether oxygens (including phenoxy) is 2. The van der Waals surface area contributed by atoms with E-state index in [4.69, 9.17) is 9.47 Å². The normalized spacial score (nSPS) is 12.2. The Morgan fingerprint density at radius 2 is 1.71 bits per heavy atom. The molecule has 1 unspecified atom stereocenters. The summed E-state index contributed by atoms with van der Waals surface area (Å²) < 4.78 is 11.1. The van der Waals surface area contributed by atoms with E-state index in [0.717, 1.165) is 36.5 Å². The molecule has 0 amide bonds. The Bertz CT molecular complexity index is 611. The maximum Gasteiger partial charge on any atom is 0.127 e. The molecule has 0 heterocycles. The van der Waals surface area contributed by atoms with Gasteiger partial charge >= 0.3 is 0 Å². The first-order valence-corrected chi connectivity index (χ1v) is 8.45. The van der Waals surface area contributed by atoms with Gasteiger partial charge in [0.2, 0.25) is 0 Å². The lowest BCUT2D eigenvalue weighted by atomic mass is 10.0. The summed E-state index contributed by atoms with van der Waals surface area (Å²) in [5.41, 5.74) is 4.76. The summed E-state index contributed by atoms with van der Waals surface area (Å²) in [5, 5.41) is 2.03. The van der Waals surface area contributed by atoms with Gasteiger partial charge in [0.15, 0.2) is 0 Å². The topological polar surface area (TPSA) is 33.7 Å². The second kappa shape index (κ2) is 9.30. The lowest BCUT2D eigenvalue weighted by Gasteiger charge is -2.23. The second-order valence-electron chi connectivity index (χ2n) is 6.14. The molecular weight excluding hydrogens is 300 g/mol. The minimum atomic E-state index is 0.432. The van der Waals surface area contributed by atoms with E-state index in [-0.39, 0.29) is 0 Å². The first-order valence-electron chi connectivity index (χ1n) is 8.45. The van der Waals surface area contributed by atoms with Gasteiger partial charge in [-0.2, -0.15) is 0 Å². The molecule has 4 heteroatoms. The molecule has 130 valence electrons. The van der Waals surface area contributed by atoms with Crippen molar-refractivity contribution in [2.24, 2.45) is 0 Å². The van der Waals surface area contributed by atoms with E-state index >= 15 is 0 Å². The van der Waals surface area contributed by atoms with E-state index in [9.17, 15) is 0 Å². The predicted molar refractivity (Wildman–Crippen MR) is 98.7 cm³/mol. The lowest BCUT2D eigenvalue weighted by Crippen LogP contribution is -2.40. The van der Waals surface area contributed by atoms with Crippen molar-refractivity contribution in [1.29, 1.82) is 0 Å². The average molecular weight is 328 g/mol. The molecule has 0 bridgehead atoms. The largest absolute Gasteiger partial charge is 0.497 e. The van der Waals surface area contributed by atoms with Crippen LogP contribution in [0.1, 0.15) is 25.3 Å². The van der Waals surface area contributed by atoms with Crippen LogP contribution in [0.25, 0.3) is 0 Å². The van der Waals surface area contributed by atoms with Gasteiger partial charge in [-0.05, 0) is 54.8 Å². The zero-order chi connectivity index (χ0) is 17.4.